The van der Waals surface area contributed by atoms with Crippen LogP contribution in [0.15, 0.2) is 36.8 Å². The minimum Gasteiger partial charge on any atom is -0.450 e. The molecule has 3 aliphatic rings. The Morgan fingerprint density at radius 3 is 2.74 bits per heavy atom. The summed E-state index contributed by atoms with van der Waals surface area (Å²) in [6.07, 6.45) is 7.01. The third-order valence-electron chi connectivity index (χ3n) is 7.33. The molecule has 2 aromatic heterocycles. The molecular weight excluding hydrogens is 454 g/mol. The SMILES string of the molecule is CCOC(=O)N1Cc2cc(Cl)ccc2-n2c(C3CC4(C3)CN(c3cnccn3)C4)nnc2C1C. The molecule has 1 amide bonds. The summed E-state index contributed by atoms with van der Waals surface area (Å²) >= 11 is 6.34. The molecule has 1 aromatic carbocycles. The van der Waals surface area contributed by atoms with Gasteiger partial charge < -0.3 is 9.64 Å². The van der Waals surface area contributed by atoms with E-state index in [4.69, 9.17) is 16.3 Å². The molecule has 9 nitrogen and oxygen atoms in total. The predicted molar refractivity (Wildman–Crippen MR) is 126 cm³/mol. The number of hydrogen-bond acceptors (Lipinski definition) is 7. The Labute approximate surface area is 202 Å². The van der Waals surface area contributed by atoms with Crippen LogP contribution < -0.4 is 4.90 Å². The first-order valence-electron chi connectivity index (χ1n) is 11.7. The lowest BCUT2D eigenvalue weighted by Gasteiger charge is -2.59. The van der Waals surface area contributed by atoms with E-state index in [-0.39, 0.29) is 12.1 Å². The summed E-state index contributed by atoms with van der Waals surface area (Å²) in [4.78, 5) is 25.3. The van der Waals surface area contributed by atoms with E-state index in [0.29, 0.717) is 29.5 Å². The van der Waals surface area contributed by atoms with Gasteiger partial charge in [0.1, 0.15) is 11.6 Å². The molecule has 1 saturated carbocycles. The van der Waals surface area contributed by atoms with Crippen molar-refractivity contribution in [2.24, 2.45) is 5.41 Å². The molecule has 2 aliphatic heterocycles. The van der Waals surface area contributed by atoms with Crippen LogP contribution >= 0.6 is 11.6 Å². The van der Waals surface area contributed by atoms with Crippen molar-refractivity contribution in [1.82, 2.24) is 29.6 Å². The van der Waals surface area contributed by atoms with Crippen molar-refractivity contribution in [3.8, 4) is 5.69 Å². The molecule has 6 rings (SSSR count). The van der Waals surface area contributed by atoms with Crippen molar-refractivity contribution in [2.75, 3.05) is 24.6 Å². The van der Waals surface area contributed by atoms with Crippen LogP contribution in [0.1, 0.15) is 55.9 Å². The lowest BCUT2D eigenvalue weighted by Crippen LogP contribution is -2.62. The Morgan fingerprint density at radius 1 is 1.21 bits per heavy atom. The van der Waals surface area contributed by atoms with E-state index < -0.39 is 0 Å². The molecule has 1 unspecified atom stereocenters. The molecule has 34 heavy (non-hydrogen) atoms. The highest BCUT2D eigenvalue weighted by Crippen LogP contribution is 2.56. The molecule has 0 radical (unpaired) electrons. The molecule has 4 heterocycles. The molecule has 3 aromatic rings. The van der Waals surface area contributed by atoms with Gasteiger partial charge in [-0.2, -0.15) is 0 Å². The minimum absolute atomic E-state index is 0.281. The fourth-order valence-electron chi connectivity index (χ4n) is 5.68. The maximum atomic E-state index is 12.8. The minimum atomic E-state index is -0.361. The average molecular weight is 480 g/mol. The number of anilines is 1. The van der Waals surface area contributed by atoms with Crippen molar-refractivity contribution >= 4 is 23.5 Å². The zero-order chi connectivity index (χ0) is 23.4. The Balaban J connectivity index is 1.29. The van der Waals surface area contributed by atoms with Gasteiger partial charge in [0.25, 0.3) is 0 Å². The number of hydrogen-bond donors (Lipinski definition) is 0. The van der Waals surface area contributed by atoms with Gasteiger partial charge in [-0.15, -0.1) is 10.2 Å². The number of carbonyl (C=O) groups excluding carboxylic acids is 1. The Kier molecular flexibility index (Phi) is 4.98. The van der Waals surface area contributed by atoms with E-state index in [2.05, 4.69) is 29.6 Å². The fourth-order valence-corrected chi connectivity index (χ4v) is 5.88. The normalized spacial score (nSPS) is 20.7. The quantitative estimate of drug-likeness (QED) is 0.558. The largest absolute Gasteiger partial charge is 0.450 e. The second-order valence-corrected chi connectivity index (χ2v) is 9.99. The van der Waals surface area contributed by atoms with Crippen LogP contribution in [-0.2, 0) is 11.3 Å². The van der Waals surface area contributed by atoms with E-state index in [9.17, 15) is 4.79 Å². The number of aromatic nitrogens is 5. The lowest BCUT2D eigenvalue weighted by molar-refractivity contribution is 0.0580. The van der Waals surface area contributed by atoms with Gasteiger partial charge in [-0.25, -0.2) is 9.78 Å². The predicted octanol–water partition coefficient (Wildman–Crippen LogP) is 4.13. The van der Waals surface area contributed by atoms with Crippen LogP contribution in [-0.4, -0.2) is 55.4 Å². The number of rotatable bonds is 3. The first kappa shape index (κ1) is 21.3. The van der Waals surface area contributed by atoms with E-state index >= 15 is 0 Å². The second-order valence-electron chi connectivity index (χ2n) is 9.55. The summed E-state index contributed by atoms with van der Waals surface area (Å²) in [5.41, 5.74) is 2.23. The van der Waals surface area contributed by atoms with Gasteiger partial charge in [0.15, 0.2) is 5.82 Å². The Hall–Kier alpha value is -3.20. The van der Waals surface area contributed by atoms with Gasteiger partial charge in [0.05, 0.1) is 31.1 Å². The van der Waals surface area contributed by atoms with Gasteiger partial charge >= 0.3 is 6.09 Å². The standard InChI is InChI=1S/C24H26ClN7O2/c1-3-34-23(33)31-12-16-8-18(25)4-5-19(16)32-21(15(31)2)28-29-22(32)17-9-24(10-17)13-30(14-24)20-11-26-6-7-27-20/h4-8,11,15,17H,3,9-10,12-14H2,1-2H3. The van der Waals surface area contributed by atoms with E-state index in [1.54, 1.807) is 17.3 Å². The molecule has 0 bridgehead atoms. The van der Waals surface area contributed by atoms with Crippen molar-refractivity contribution in [3.63, 3.8) is 0 Å². The topological polar surface area (TPSA) is 89.3 Å². The van der Waals surface area contributed by atoms with Gasteiger partial charge in [-0.1, -0.05) is 11.6 Å². The maximum Gasteiger partial charge on any atom is 0.410 e. The molecule has 1 atom stereocenters. The number of nitrogens with zero attached hydrogens (tertiary/aromatic N) is 7. The molecule has 10 heteroatoms. The van der Waals surface area contributed by atoms with Crippen LogP contribution in [0.5, 0.6) is 0 Å². The zero-order valence-electron chi connectivity index (χ0n) is 19.2. The summed E-state index contributed by atoms with van der Waals surface area (Å²) in [6, 6.07) is 5.52. The molecule has 1 spiro atoms. The highest BCUT2D eigenvalue weighted by atomic mass is 35.5. The maximum absolute atomic E-state index is 12.8. The average Bonchev–Trinajstić information content (AvgIpc) is 3.16. The monoisotopic (exact) mass is 479 g/mol. The van der Waals surface area contributed by atoms with Crippen LogP contribution in [0, 0.1) is 5.41 Å². The highest BCUT2D eigenvalue weighted by molar-refractivity contribution is 6.30. The van der Waals surface area contributed by atoms with E-state index in [1.165, 1.54) is 0 Å². The molecule has 1 saturated heterocycles. The zero-order valence-corrected chi connectivity index (χ0v) is 19.9. The van der Waals surface area contributed by atoms with Gasteiger partial charge in [-0.05, 0) is 50.5 Å². The molecular formula is C24H26ClN7O2. The second kappa shape index (κ2) is 7.94. The van der Waals surface area contributed by atoms with Gasteiger partial charge in [-0.3, -0.25) is 14.5 Å². The van der Waals surface area contributed by atoms with Crippen molar-refractivity contribution in [1.29, 1.82) is 0 Å². The molecule has 1 aliphatic carbocycles. The van der Waals surface area contributed by atoms with Crippen molar-refractivity contribution in [3.05, 3.63) is 59.0 Å². The summed E-state index contributed by atoms with van der Waals surface area (Å²) in [7, 11) is 0. The van der Waals surface area contributed by atoms with Crippen LogP contribution in [0.25, 0.3) is 5.69 Å². The number of amides is 1. The Bertz CT molecular complexity index is 1230. The Morgan fingerprint density at radius 2 is 2.00 bits per heavy atom. The first-order valence-corrected chi connectivity index (χ1v) is 12.0. The van der Waals surface area contributed by atoms with E-state index in [0.717, 1.165) is 54.6 Å². The fraction of sp³-hybridized carbons (Fsp3) is 0.458. The van der Waals surface area contributed by atoms with Crippen LogP contribution in [0.2, 0.25) is 5.02 Å². The molecule has 176 valence electrons. The summed E-state index contributed by atoms with van der Waals surface area (Å²) in [5.74, 6) is 2.96. The number of halogens is 1. The van der Waals surface area contributed by atoms with E-state index in [1.807, 2.05) is 38.2 Å². The summed E-state index contributed by atoms with van der Waals surface area (Å²) < 4.78 is 7.48. The van der Waals surface area contributed by atoms with Gasteiger partial charge in [0.2, 0.25) is 0 Å². The third kappa shape index (κ3) is 3.33. The van der Waals surface area contributed by atoms with Crippen molar-refractivity contribution in [2.45, 2.75) is 45.2 Å². The van der Waals surface area contributed by atoms with Crippen LogP contribution in [0.4, 0.5) is 10.6 Å². The summed E-state index contributed by atoms with van der Waals surface area (Å²) in [5, 5.41) is 9.84. The molecule has 2 fully saturated rings. The summed E-state index contributed by atoms with van der Waals surface area (Å²) in [6.45, 7) is 6.48. The number of ether oxygens (including phenoxy) is 1. The third-order valence-corrected chi connectivity index (χ3v) is 7.56. The van der Waals surface area contributed by atoms with Crippen LogP contribution in [0.3, 0.4) is 0 Å². The smallest absolute Gasteiger partial charge is 0.410 e. The number of benzene rings is 1. The first-order chi connectivity index (χ1) is 16.5. The molecule has 0 N–H and O–H groups in total. The number of fused-ring (bicyclic) bond motifs is 3. The van der Waals surface area contributed by atoms with Gasteiger partial charge in [0, 0.05) is 41.8 Å². The van der Waals surface area contributed by atoms with Crippen molar-refractivity contribution < 1.29 is 9.53 Å². The number of carbonyl (C=O) groups is 1. The lowest BCUT2D eigenvalue weighted by atomic mass is 9.57. The highest BCUT2D eigenvalue weighted by Gasteiger charge is 2.54.